The van der Waals surface area contributed by atoms with Gasteiger partial charge in [0.05, 0.1) is 6.04 Å². The van der Waals surface area contributed by atoms with Crippen molar-refractivity contribution in [2.24, 2.45) is 5.92 Å². The van der Waals surface area contributed by atoms with Gasteiger partial charge in [0.15, 0.2) is 0 Å². The first kappa shape index (κ1) is 13.1. The maximum Gasteiger partial charge on any atom is 0.241 e. The molecule has 1 N–H and O–H groups in total. The highest BCUT2D eigenvalue weighted by atomic mass is 32.1. The summed E-state index contributed by atoms with van der Waals surface area (Å²) in [4.78, 5) is 14.6. The minimum atomic E-state index is 0.0223. The molecule has 3 rings (SSSR count). The molecule has 0 aromatic carbocycles. The third-order valence-corrected chi connectivity index (χ3v) is 4.86. The van der Waals surface area contributed by atoms with Crippen molar-refractivity contribution in [2.45, 2.75) is 51.2 Å². The van der Waals surface area contributed by atoms with Crippen LogP contribution in [0.25, 0.3) is 0 Å². The molecule has 2 heterocycles. The Labute approximate surface area is 119 Å². The van der Waals surface area contributed by atoms with Gasteiger partial charge in [0.2, 0.25) is 5.91 Å². The number of amides is 1. The Morgan fingerprint density at radius 1 is 1.42 bits per heavy atom. The summed E-state index contributed by atoms with van der Waals surface area (Å²) in [5.41, 5.74) is 1.24. The first-order chi connectivity index (χ1) is 9.29. The summed E-state index contributed by atoms with van der Waals surface area (Å²) in [6.07, 6.45) is 5.99. The Balaban J connectivity index is 1.72. The predicted molar refractivity (Wildman–Crippen MR) is 77.9 cm³/mol. The van der Waals surface area contributed by atoms with E-state index in [-0.39, 0.29) is 12.2 Å². The van der Waals surface area contributed by atoms with E-state index in [0.29, 0.717) is 5.91 Å². The van der Waals surface area contributed by atoms with Crippen LogP contribution in [-0.4, -0.2) is 23.4 Å². The van der Waals surface area contributed by atoms with E-state index in [1.807, 2.05) is 0 Å². The molecule has 2 aliphatic rings. The number of thiophene rings is 1. The minimum absolute atomic E-state index is 0.0223. The summed E-state index contributed by atoms with van der Waals surface area (Å²) in [7, 11) is 0. The first-order valence-electron chi connectivity index (χ1n) is 7.38. The molecule has 3 nitrogen and oxygen atoms in total. The number of carbonyl (C=O) groups is 1. The van der Waals surface area contributed by atoms with Crippen molar-refractivity contribution in [1.82, 2.24) is 10.2 Å². The van der Waals surface area contributed by atoms with E-state index in [0.717, 1.165) is 25.3 Å². The third kappa shape index (κ3) is 2.84. The summed E-state index contributed by atoms with van der Waals surface area (Å²) >= 11 is 1.70. The van der Waals surface area contributed by atoms with Crippen LogP contribution in [0.15, 0.2) is 16.8 Å². The van der Waals surface area contributed by atoms with Crippen LogP contribution < -0.4 is 5.32 Å². The molecule has 0 spiro atoms. The highest BCUT2D eigenvalue weighted by molar-refractivity contribution is 7.07. The Morgan fingerprint density at radius 2 is 2.26 bits per heavy atom. The second kappa shape index (κ2) is 5.63. The molecule has 1 saturated heterocycles. The number of hydrogen-bond donors (Lipinski definition) is 1. The molecule has 1 aromatic rings. The van der Waals surface area contributed by atoms with E-state index >= 15 is 0 Å². The largest absolute Gasteiger partial charge is 0.322 e. The summed E-state index contributed by atoms with van der Waals surface area (Å²) in [6, 6.07) is 2.16. The van der Waals surface area contributed by atoms with Crippen LogP contribution >= 0.6 is 11.3 Å². The molecule has 4 heteroatoms. The third-order valence-electron chi connectivity index (χ3n) is 4.16. The predicted octanol–water partition coefficient (Wildman–Crippen LogP) is 3.15. The number of nitrogens with zero attached hydrogens (tertiary/aromatic N) is 1. The molecule has 2 unspecified atom stereocenters. The number of carbonyl (C=O) groups excluding carboxylic acids is 1. The molecule has 1 amide bonds. The lowest BCUT2D eigenvalue weighted by Gasteiger charge is -2.23. The van der Waals surface area contributed by atoms with E-state index in [1.165, 1.54) is 24.8 Å². The number of hydrogen-bond acceptors (Lipinski definition) is 3. The van der Waals surface area contributed by atoms with Gasteiger partial charge in [0.25, 0.3) is 0 Å². The van der Waals surface area contributed by atoms with Crippen LogP contribution in [0, 0.1) is 5.92 Å². The lowest BCUT2D eigenvalue weighted by Crippen LogP contribution is -2.32. The minimum Gasteiger partial charge on any atom is -0.322 e. The van der Waals surface area contributed by atoms with E-state index in [2.05, 4.69) is 34.0 Å². The standard InChI is InChI=1S/C15H22N2OS/c1-2-3-13-15(18)17(8-6-11-4-5-11)14(16-13)12-7-9-19-10-12/h7,9-11,13-14,16H,2-6,8H2,1H3. The SMILES string of the molecule is CCCC1NC(c2ccsc2)N(CCC2CC2)C1=O. The zero-order valence-corrected chi connectivity index (χ0v) is 12.3. The van der Waals surface area contributed by atoms with Gasteiger partial charge in [-0.05, 0) is 41.1 Å². The molecule has 104 valence electrons. The Morgan fingerprint density at radius 3 is 2.89 bits per heavy atom. The van der Waals surface area contributed by atoms with Gasteiger partial charge >= 0.3 is 0 Å². The second-order valence-electron chi connectivity index (χ2n) is 5.73. The van der Waals surface area contributed by atoms with Gasteiger partial charge in [-0.2, -0.15) is 11.3 Å². The molecule has 1 saturated carbocycles. The van der Waals surface area contributed by atoms with Crippen molar-refractivity contribution < 1.29 is 4.79 Å². The smallest absolute Gasteiger partial charge is 0.241 e. The number of nitrogens with one attached hydrogen (secondary N) is 1. The molecule has 2 fully saturated rings. The maximum atomic E-state index is 12.5. The molecule has 19 heavy (non-hydrogen) atoms. The highest BCUT2D eigenvalue weighted by Gasteiger charge is 2.39. The van der Waals surface area contributed by atoms with Crippen molar-refractivity contribution in [3.05, 3.63) is 22.4 Å². The highest BCUT2D eigenvalue weighted by Crippen LogP contribution is 2.35. The Hall–Kier alpha value is -0.870. The summed E-state index contributed by atoms with van der Waals surface area (Å²) in [5, 5.41) is 7.77. The molecule has 1 aromatic heterocycles. The molecular weight excluding hydrogens is 256 g/mol. The fraction of sp³-hybridized carbons (Fsp3) is 0.667. The van der Waals surface area contributed by atoms with Crippen molar-refractivity contribution in [2.75, 3.05) is 6.54 Å². The zero-order valence-electron chi connectivity index (χ0n) is 11.5. The van der Waals surface area contributed by atoms with Gasteiger partial charge in [-0.15, -0.1) is 0 Å². The lowest BCUT2D eigenvalue weighted by atomic mass is 10.1. The van der Waals surface area contributed by atoms with Crippen LogP contribution in [0.3, 0.4) is 0 Å². The van der Waals surface area contributed by atoms with Gasteiger partial charge in [-0.1, -0.05) is 26.2 Å². The molecule has 2 atom stereocenters. The van der Waals surface area contributed by atoms with E-state index in [4.69, 9.17) is 0 Å². The van der Waals surface area contributed by atoms with Crippen molar-refractivity contribution in [3.63, 3.8) is 0 Å². The van der Waals surface area contributed by atoms with E-state index in [1.54, 1.807) is 11.3 Å². The fourth-order valence-electron chi connectivity index (χ4n) is 2.85. The van der Waals surface area contributed by atoms with Gasteiger partial charge in [0.1, 0.15) is 6.17 Å². The average molecular weight is 278 g/mol. The normalized spacial score (nSPS) is 27.2. The van der Waals surface area contributed by atoms with Gasteiger partial charge in [-0.3, -0.25) is 10.1 Å². The fourth-order valence-corrected chi connectivity index (χ4v) is 3.53. The zero-order chi connectivity index (χ0) is 13.2. The van der Waals surface area contributed by atoms with Crippen LogP contribution in [0.2, 0.25) is 0 Å². The van der Waals surface area contributed by atoms with Crippen LogP contribution in [0.5, 0.6) is 0 Å². The van der Waals surface area contributed by atoms with Crippen molar-refractivity contribution in [1.29, 1.82) is 0 Å². The molecule has 0 bridgehead atoms. The van der Waals surface area contributed by atoms with Crippen LogP contribution in [0.4, 0.5) is 0 Å². The quantitative estimate of drug-likeness (QED) is 0.867. The Bertz CT molecular complexity index is 427. The van der Waals surface area contributed by atoms with Crippen LogP contribution in [0.1, 0.15) is 50.8 Å². The number of rotatable bonds is 6. The van der Waals surface area contributed by atoms with Crippen LogP contribution in [-0.2, 0) is 4.79 Å². The molecule has 1 aliphatic carbocycles. The molecule has 0 radical (unpaired) electrons. The topological polar surface area (TPSA) is 32.3 Å². The maximum absolute atomic E-state index is 12.5. The van der Waals surface area contributed by atoms with Gasteiger partial charge in [0, 0.05) is 6.54 Å². The van der Waals surface area contributed by atoms with E-state index < -0.39 is 0 Å². The van der Waals surface area contributed by atoms with E-state index in [9.17, 15) is 4.79 Å². The lowest BCUT2D eigenvalue weighted by molar-refractivity contribution is -0.130. The van der Waals surface area contributed by atoms with Crippen molar-refractivity contribution in [3.8, 4) is 0 Å². The molecule has 1 aliphatic heterocycles. The Kier molecular flexibility index (Phi) is 3.89. The average Bonchev–Trinajstić information content (AvgIpc) is 2.97. The second-order valence-corrected chi connectivity index (χ2v) is 6.51. The monoisotopic (exact) mass is 278 g/mol. The van der Waals surface area contributed by atoms with Gasteiger partial charge in [-0.25, -0.2) is 0 Å². The molecular formula is C15H22N2OS. The first-order valence-corrected chi connectivity index (χ1v) is 8.32. The van der Waals surface area contributed by atoms with Gasteiger partial charge < -0.3 is 4.90 Å². The van der Waals surface area contributed by atoms with Crippen molar-refractivity contribution >= 4 is 17.2 Å². The summed E-state index contributed by atoms with van der Waals surface area (Å²) in [5.74, 6) is 1.18. The summed E-state index contributed by atoms with van der Waals surface area (Å²) < 4.78 is 0. The summed E-state index contributed by atoms with van der Waals surface area (Å²) in [6.45, 7) is 3.05.